The third-order valence-corrected chi connectivity index (χ3v) is 5.35. The van der Waals surface area contributed by atoms with Crippen LogP contribution in [0.25, 0.3) is 0 Å². The van der Waals surface area contributed by atoms with E-state index in [1.165, 1.54) is 6.42 Å². The van der Waals surface area contributed by atoms with Crippen LogP contribution in [0.1, 0.15) is 52.4 Å². The van der Waals surface area contributed by atoms with Gasteiger partial charge in [0.25, 0.3) is 0 Å². The highest BCUT2D eigenvalue weighted by atomic mass is 16.7. The molecule has 4 fully saturated rings. The van der Waals surface area contributed by atoms with E-state index >= 15 is 0 Å². The molecule has 0 spiro atoms. The predicted molar refractivity (Wildman–Crippen MR) is 69.1 cm³/mol. The molecule has 0 aromatic rings. The van der Waals surface area contributed by atoms with Gasteiger partial charge >= 0.3 is 0 Å². The Hall–Kier alpha value is -0.120. The van der Waals surface area contributed by atoms with Crippen molar-refractivity contribution in [2.75, 3.05) is 6.61 Å². The Kier molecular flexibility index (Phi) is 3.41. The summed E-state index contributed by atoms with van der Waals surface area (Å²) in [5, 5.41) is 10.2. The highest BCUT2D eigenvalue weighted by Gasteiger charge is 2.51. The molecule has 1 heterocycles. The van der Waals surface area contributed by atoms with Gasteiger partial charge in [-0.25, -0.2) is 0 Å². The summed E-state index contributed by atoms with van der Waals surface area (Å²) >= 11 is 0. The summed E-state index contributed by atoms with van der Waals surface area (Å²) in [6.45, 7) is 5.51. The van der Waals surface area contributed by atoms with Crippen LogP contribution < -0.4 is 0 Å². The summed E-state index contributed by atoms with van der Waals surface area (Å²) in [7, 11) is 0. The first-order valence-electron chi connectivity index (χ1n) is 7.51. The van der Waals surface area contributed by atoms with Crippen LogP contribution in [0.4, 0.5) is 0 Å². The Bertz CT molecular complexity index is 296. The molecule has 1 aliphatic heterocycles. The molecular weight excluding hydrogens is 228 g/mol. The Morgan fingerprint density at radius 1 is 1.22 bits per heavy atom. The smallest absolute Gasteiger partial charge is 0.157 e. The van der Waals surface area contributed by atoms with Gasteiger partial charge in [0.1, 0.15) is 0 Å². The Morgan fingerprint density at radius 3 is 2.72 bits per heavy atom. The standard InChI is InChI=1S/C15H26O3/c1-15(2)9-11-12(16)7-10(15)8-13(11)18-14-5-3-4-6-17-14/h10-14,16H,3-9H2,1-2H3. The van der Waals surface area contributed by atoms with Crippen molar-refractivity contribution in [1.29, 1.82) is 0 Å². The Labute approximate surface area is 110 Å². The van der Waals surface area contributed by atoms with Gasteiger partial charge in [-0.15, -0.1) is 0 Å². The predicted octanol–water partition coefficient (Wildman–Crippen LogP) is 2.72. The lowest BCUT2D eigenvalue weighted by Crippen LogP contribution is -2.54. The Morgan fingerprint density at radius 2 is 2.06 bits per heavy atom. The molecular formula is C15H26O3. The molecule has 4 aliphatic rings. The first kappa shape index (κ1) is 12.9. The van der Waals surface area contributed by atoms with Crippen LogP contribution >= 0.6 is 0 Å². The molecule has 1 saturated heterocycles. The van der Waals surface area contributed by atoms with Crippen LogP contribution in [0.2, 0.25) is 0 Å². The van der Waals surface area contributed by atoms with Crippen LogP contribution in [-0.2, 0) is 9.47 Å². The van der Waals surface area contributed by atoms with Crippen LogP contribution in [0, 0.1) is 17.3 Å². The monoisotopic (exact) mass is 254 g/mol. The highest BCUT2D eigenvalue weighted by Crippen LogP contribution is 2.53. The second kappa shape index (κ2) is 4.77. The van der Waals surface area contributed by atoms with Crippen molar-refractivity contribution in [3.05, 3.63) is 0 Å². The van der Waals surface area contributed by atoms with Gasteiger partial charge in [0, 0.05) is 12.5 Å². The van der Waals surface area contributed by atoms with Gasteiger partial charge in [-0.05, 0) is 49.9 Å². The van der Waals surface area contributed by atoms with Gasteiger partial charge in [0.2, 0.25) is 0 Å². The van der Waals surface area contributed by atoms with Crippen molar-refractivity contribution in [3.63, 3.8) is 0 Å². The van der Waals surface area contributed by atoms with Gasteiger partial charge in [-0.1, -0.05) is 13.8 Å². The fourth-order valence-corrected chi connectivity index (χ4v) is 4.12. The average Bonchev–Trinajstić information content (AvgIpc) is 2.33. The van der Waals surface area contributed by atoms with Gasteiger partial charge in [-0.2, -0.15) is 0 Å². The second-order valence-electron chi connectivity index (χ2n) is 7.06. The number of fused-ring (bicyclic) bond motifs is 3. The zero-order valence-electron chi connectivity index (χ0n) is 11.6. The first-order valence-corrected chi connectivity index (χ1v) is 7.51. The van der Waals surface area contributed by atoms with E-state index in [1.807, 2.05) is 0 Å². The fraction of sp³-hybridized carbons (Fsp3) is 1.00. The Balaban J connectivity index is 1.64. The quantitative estimate of drug-likeness (QED) is 0.823. The fourth-order valence-electron chi connectivity index (χ4n) is 4.12. The second-order valence-corrected chi connectivity index (χ2v) is 7.06. The van der Waals surface area contributed by atoms with E-state index in [4.69, 9.17) is 9.47 Å². The minimum atomic E-state index is -0.162. The third kappa shape index (κ3) is 2.33. The van der Waals surface area contributed by atoms with E-state index < -0.39 is 0 Å². The van der Waals surface area contributed by atoms with Crippen LogP contribution in [0.3, 0.4) is 0 Å². The molecule has 4 rings (SSSR count). The van der Waals surface area contributed by atoms with Crippen LogP contribution in [-0.4, -0.2) is 30.2 Å². The molecule has 3 nitrogen and oxygen atoms in total. The topological polar surface area (TPSA) is 38.7 Å². The summed E-state index contributed by atoms with van der Waals surface area (Å²) in [5.74, 6) is 0.918. The normalized spacial score (nSPS) is 47.2. The van der Waals surface area contributed by atoms with Gasteiger partial charge < -0.3 is 14.6 Å². The van der Waals surface area contributed by atoms with E-state index in [9.17, 15) is 5.11 Å². The van der Waals surface area contributed by atoms with Crippen molar-refractivity contribution >= 4 is 0 Å². The summed E-state index contributed by atoms with van der Waals surface area (Å²) in [4.78, 5) is 0. The van der Waals surface area contributed by atoms with Crippen molar-refractivity contribution in [3.8, 4) is 0 Å². The molecule has 3 heteroatoms. The minimum Gasteiger partial charge on any atom is -0.393 e. The van der Waals surface area contributed by atoms with Crippen molar-refractivity contribution in [1.82, 2.24) is 0 Å². The molecule has 5 unspecified atom stereocenters. The molecule has 18 heavy (non-hydrogen) atoms. The zero-order valence-corrected chi connectivity index (χ0v) is 11.6. The zero-order chi connectivity index (χ0) is 12.8. The maximum Gasteiger partial charge on any atom is 0.157 e. The summed E-state index contributed by atoms with van der Waals surface area (Å²) < 4.78 is 11.8. The lowest BCUT2D eigenvalue weighted by molar-refractivity contribution is -0.239. The van der Waals surface area contributed by atoms with Crippen LogP contribution in [0.15, 0.2) is 0 Å². The van der Waals surface area contributed by atoms with Gasteiger partial charge in [0.15, 0.2) is 6.29 Å². The van der Waals surface area contributed by atoms with E-state index in [1.54, 1.807) is 0 Å². The number of ether oxygens (including phenoxy) is 2. The molecule has 0 radical (unpaired) electrons. The largest absolute Gasteiger partial charge is 0.393 e. The summed E-state index contributed by atoms with van der Waals surface area (Å²) in [5.41, 5.74) is 0.372. The average molecular weight is 254 g/mol. The van der Waals surface area contributed by atoms with Crippen molar-refractivity contribution in [2.45, 2.75) is 70.9 Å². The summed E-state index contributed by atoms with van der Waals surface area (Å²) in [6, 6.07) is 0. The molecule has 3 saturated carbocycles. The molecule has 104 valence electrons. The van der Waals surface area contributed by atoms with Crippen molar-refractivity contribution in [2.24, 2.45) is 17.3 Å². The number of hydrogen-bond acceptors (Lipinski definition) is 3. The lowest BCUT2D eigenvalue weighted by atomic mass is 9.55. The maximum atomic E-state index is 10.2. The molecule has 0 amide bonds. The number of rotatable bonds is 2. The van der Waals surface area contributed by atoms with Crippen LogP contribution in [0.5, 0.6) is 0 Å². The minimum absolute atomic E-state index is 0.0154. The lowest BCUT2D eigenvalue weighted by Gasteiger charge is -2.54. The van der Waals surface area contributed by atoms with Gasteiger partial charge in [0.05, 0.1) is 12.2 Å². The summed E-state index contributed by atoms with van der Waals surface area (Å²) in [6.07, 6.45) is 6.59. The molecule has 1 N–H and O–H groups in total. The van der Waals surface area contributed by atoms with Gasteiger partial charge in [-0.3, -0.25) is 0 Å². The van der Waals surface area contributed by atoms with Crippen molar-refractivity contribution < 1.29 is 14.6 Å². The number of hydrogen-bond donors (Lipinski definition) is 1. The SMILES string of the molecule is CC1(C)CC2C(O)CC1CC2OC1CCCCO1. The third-order valence-electron chi connectivity index (χ3n) is 5.35. The number of aliphatic hydroxyl groups excluding tert-OH is 1. The number of aliphatic hydroxyl groups is 1. The molecule has 2 bridgehead atoms. The molecule has 5 atom stereocenters. The first-order chi connectivity index (χ1) is 8.56. The molecule has 0 aromatic carbocycles. The maximum absolute atomic E-state index is 10.2. The highest BCUT2D eigenvalue weighted by molar-refractivity contribution is 5.00. The van der Waals surface area contributed by atoms with E-state index in [2.05, 4.69) is 13.8 Å². The van der Waals surface area contributed by atoms with E-state index in [0.717, 1.165) is 38.7 Å². The van der Waals surface area contributed by atoms with E-state index in [-0.39, 0.29) is 18.5 Å². The molecule has 3 aliphatic carbocycles. The molecule has 0 aromatic heterocycles. The van der Waals surface area contributed by atoms with E-state index in [0.29, 0.717) is 17.3 Å².